The van der Waals surface area contributed by atoms with E-state index in [9.17, 15) is 4.79 Å². The Kier molecular flexibility index (Phi) is 6.48. The van der Waals surface area contributed by atoms with E-state index in [1.54, 1.807) is 0 Å². The number of aromatic nitrogens is 2. The fourth-order valence-electron chi connectivity index (χ4n) is 3.08. The zero-order valence-electron chi connectivity index (χ0n) is 15.7. The lowest BCUT2D eigenvalue weighted by Crippen LogP contribution is -2.31. The van der Waals surface area contributed by atoms with Gasteiger partial charge in [-0.2, -0.15) is 5.10 Å². The maximum atomic E-state index is 12.6. The summed E-state index contributed by atoms with van der Waals surface area (Å²) in [5, 5.41) is 9.34. The first-order valence-electron chi connectivity index (χ1n) is 9.13. The Bertz CT molecular complexity index is 889. The van der Waals surface area contributed by atoms with E-state index in [-0.39, 0.29) is 11.9 Å². The number of fused-ring (bicyclic) bond motifs is 1. The first-order chi connectivity index (χ1) is 13.0. The Morgan fingerprint density at radius 2 is 1.93 bits per heavy atom. The largest absolute Gasteiger partial charge is 0.349 e. The highest BCUT2D eigenvalue weighted by molar-refractivity contribution is 6.30. The van der Waals surface area contributed by atoms with Crippen LogP contribution in [0.5, 0.6) is 0 Å². The molecule has 0 fully saturated rings. The summed E-state index contributed by atoms with van der Waals surface area (Å²) < 4.78 is 1.88. The number of aryl methyl sites for hydroxylation is 1. The third kappa shape index (κ3) is 5.31. The molecule has 3 aromatic rings. The van der Waals surface area contributed by atoms with Crippen LogP contribution < -0.4 is 5.32 Å². The molecular formula is C21H25ClN4O. The van der Waals surface area contributed by atoms with E-state index in [0.717, 1.165) is 29.4 Å². The van der Waals surface area contributed by atoms with Gasteiger partial charge in [0.2, 0.25) is 5.91 Å². The van der Waals surface area contributed by atoms with Gasteiger partial charge in [-0.05, 0) is 50.8 Å². The van der Waals surface area contributed by atoms with Crippen LogP contribution in [0.15, 0.2) is 54.7 Å². The number of hydrogen-bond donors (Lipinski definition) is 1. The van der Waals surface area contributed by atoms with E-state index in [2.05, 4.69) is 15.3 Å². The van der Waals surface area contributed by atoms with Gasteiger partial charge in [-0.3, -0.25) is 9.48 Å². The van der Waals surface area contributed by atoms with Crippen molar-refractivity contribution >= 4 is 28.4 Å². The summed E-state index contributed by atoms with van der Waals surface area (Å²) in [6.07, 6.45) is 3.06. The van der Waals surface area contributed by atoms with E-state index in [1.165, 1.54) is 0 Å². The number of hydrogen-bond acceptors (Lipinski definition) is 3. The number of amides is 1. The molecule has 1 unspecified atom stereocenters. The van der Waals surface area contributed by atoms with Crippen molar-refractivity contribution in [3.63, 3.8) is 0 Å². The van der Waals surface area contributed by atoms with Crippen LogP contribution in [0.3, 0.4) is 0 Å². The third-order valence-corrected chi connectivity index (χ3v) is 4.83. The van der Waals surface area contributed by atoms with Crippen LogP contribution in [-0.4, -0.2) is 41.2 Å². The highest BCUT2D eigenvalue weighted by Crippen LogP contribution is 2.20. The van der Waals surface area contributed by atoms with E-state index < -0.39 is 0 Å². The number of halogens is 1. The Morgan fingerprint density at radius 1 is 1.19 bits per heavy atom. The normalized spacial score (nSPS) is 12.4. The molecule has 0 radical (unpaired) electrons. The van der Waals surface area contributed by atoms with E-state index >= 15 is 0 Å². The van der Waals surface area contributed by atoms with E-state index in [1.807, 2.05) is 73.5 Å². The highest BCUT2D eigenvalue weighted by atomic mass is 35.5. The van der Waals surface area contributed by atoms with Crippen molar-refractivity contribution in [3.05, 3.63) is 65.3 Å². The van der Waals surface area contributed by atoms with E-state index in [0.29, 0.717) is 18.0 Å². The zero-order chi connectivity index (χ0) is 19.2. The first-order valence-corrected chi connectivity index (χ1v) is 9.51. The van der Waals surface area contributed by atoms with Crippen LogP contribution in [0.25, 0.3) is 10.9 Å². The molecule has 142 valence electrons. The van der Waals surface area contributed by atoms with Gasteiger partial charge >= 0.3 is 0 Å². The Morgan fingerprint density at radius 3 is 2.67 bits per heavy atom. The monoisotopic (exact) mass is 384 g/mol. The molecule has 3 rings (SSSR count). The number of nitrogens with zero attached hydrogens (tertiary/aromatic N) is 3. The molecule has 0 bridgehead atoms. The molecule has 1 heterocycles. The molecule has 2 aromatic carbocycles. The molecule has 5 nitrogen and oxygen atoms in total. The van der Waals surface area contributed by atoms with Gasteiger partial charge in [-0.1, -0.05) is 41.9 Å². The quantitative estimate of drug-likeness (QED) is 0.641. The molecule has 0 spiro atoms. The lowest BCUT2D eigenvalue weighted by Gasteiger charge is -2.21. The lowest BCUT2D eigenvalue weighted by molar-refractivity contribution is -0.122. The van der Waals surface area contributed by atoms with Gasteiger partial charge in [-0.25, -0.2) is 0 Å². The smallest absolute Gasteiger partial charge is 0.222 e. The average molecular weight is 385 g/mol. The fraction of sp³-hybridized carbons (Fsp3) is 0.333. The Balaban J connectivity index is 1.63. The second kappa shape index (κ2) is 9.02. The number of benzene rings is 2. The van der Waals surface area contributed by atoms with Gasteiger partial charge in [0.1, 0.15) is 0 Å². The van der Waals surface area contributed by atoms with Crippen molar-refractivity contribution in [1.82, 2.24) is 20.0 Å². The number of nitrogens with one attached hydrogen (secondary N) is 1. The van der Waals surface area contributed by atoms with Crippen molar-refractivity contribution < 1.29 is 4.79 Å². The molecule has 1 aromatic heterocycles. The molecule has 0 aliphatic rings. The predicted molar refractivity (Wildman–Crippen MR) is 110 cm³/mol. The summed E-state index contributed by atoms with van der Waals surface area (Å²) in [7, 11) is 4.06. The minimum Gasteiger partial charge on any atom is -0.349 e. The standard InChI is InChI=1S/C21H25ClN4O/c1-25(2)13-11-19(16-7-9-18(22)10-8-16)24-21(27)12-14-26-20-6-4-3-5-17(20)15-23-26/h3-10,15,19H,11-14H2,1-2H3,(H,24,27). The summed E-state index contributed by atoms with van der Waals surface area (Å²) in [4.78, 5) is 14.7. The summed E-state index contributed by atoms with van der Waals surface area (Å²) in [5.74, 6) is 0.0216. The van der Waals surface area contributed by atoms with Gasteiger partial charge in [0.05, 0.1) is 24.3 Å². The Hall–Kier alpha value is -2.37. The number of rotatable bonds is 8. The number of carbonyl (C=O) groups is 1. The first kappa shape index (κ1) is 19.4. The summed E-state index contributed by atoms with van der Waals surface area (Å²) >= 11 is 6.00. The molecule has 27 heavy (non-hydrogen) atoms. The summed E-state index contributed by atoms with van der Waals surface area (Å²) in [6, 6.07) is 15.7. The number of carbonyl (C=O) groups excluding carboxylic acids is 1. The SMILES string of the molecule is CN(C)CCC(NC(=O)CCn1ncc2ccccc21)c1ccc(Cl)cc1. The zero-order valence-corrected chi connectivity index (χ0v) is 16.5. The van der Waals surface area contributed by atoms with Crippen molar-refractivity contribution in [3.8, 4) is 0 Å². The molecule has 0 aliphatic carbocycles. The van der Waals surface area contributed by atoms with Crippen molar-refractivity contribution in [2.75, 3.05) is 20.6 Å². The number of para-hydroxylation sites is 1. The van der Waals surface area contributed by atoms with Crippen molar-refractivity contribution in [2.45, 2.75) is 25.4 Å². The molecule has 0 aliphatic heterocycles. The lowest BCUT2D eigenvalue weighted by atomic mass is 10.0. The molecule has 6 heteroatoms. The van der Waals surface area contributed by atoms with Gasteiger partial charge < -0.3 is 10.2 Å². The van der Waals surface area contributed by atoms with Crippen molar-refractivity contribution in [1.29, 1.82) is 0 Å². The van der Waals surface area contributed by atoms with Crippen LogP contribution in [0.2, 0.25) is 5.02 Å². The Labute approximate surface area is 164 Å². The maximum absolute atomic E-state index is 12.6. The average Bonchev–Trinajstić information content (AvgIpc) is 3.07. The molecule has 0 saturated heterocycles. The van der Waals surface area contributed by atoms with Crippen LogP contribution in [0.1, 0.15) is 24.4 Å². The predicted octanol–water partition coefficient (Wildman–Crippen LogP) is 3.89. The highest BCUT2D eigenvalue weighted by Gasteiger charge is 2.15. The van der Waals surface area contributed by atoms with Gasteiger partial charge in [0.25, 0.3) is 0 Å². The third-order valence-electron chi connectivity index (χ3n) is 4.57. The van der Waals surface area contributed by atoms with Crippen LogP contribution in [0, 0.1) is 0 Å². The van der Waals surface area contributed by atoms with Crippen LogP contribution >= 0.6 is 11.6 Å². The van der Waals surface area contributed by atoms with Crippen molar-refractivity contribution in [2.24, 2.45) is 0 Å². The molecular weight excluding hydrogens is 360 g/mol. The maximum Gasteiger partial charge on any atom is 0.222 e. The minimum absolute atomic E-state index is 0.0216. The van der Waals surface area contributed by atoms with Gasteiger partial charge in [-0.15, -0.1) is 0 Å². The fourth-order valence-corrected chi connectivity index (χ4v) is 3.21. The topological polar surface area (TPSA) is 50.2 Å². The second-order valence-electron chi connectivity index (χ2n) is 6.94. The minimum atomic E-state index is -0.0356. The van der Waals surface area contributed by atoms with Gasteiger partial charge in [0, 0.05) is 16.8 Å². The molecule has 1 amide bonds. The molecule has 0 saturated carbocycles. The second-order valence-corrected chi connectivity index (χ2v) is 7.38. The van der Waals surface area contributed by atoms with E-state index in [4.69, 9.17) is 11.6 Å². The van der Waals surface area contributed by atoms with Crippen LogP contribution in [0.4, 0.5) is 0 Å². The van der Waals surface area contributed by atoms with Gasteiger partial charge in [0.15, 0.2) is 0 Å². The molecule has 1 atom stereocenters. The summed E-state index contributed by atoms with van der Waals surface area (Å²) in [6.45, 7) is 1.44. The molecule has 1 N–H and O–H groups in total. The summed E-state index contributed by atoms with van der Waals surface area (Å²) in [5.41, 5.74) is 2.12. The van der Waals surface area contributed by atoms with Crippen LogP contribution in [-0.2, 0) is 11.3 Å².